The molecule has 2 heterocycles. The molecule has 0 saturated heterocycles. The van der Waals surface area contributed by atoms with E-state index in [1.165, 1.54) is 0 Å². The number of fused-ring (bicyclic) bond motifs is 2. The van der Waals surface area contributed by atoms with E-state index in [4.69, 9.17) is 18.6 Å². The zero-order valence-electron chi connectivity index (χ0n) is 17.4. The van der Waals surface area contributed by atoms with Crippen LogP contribution in [-0.4, -0.2) is 19.8 Å². The molecule has 0 bridgehead atoms. The van der Waals surface area contributed by atoms with E-state index in [2.05, 4.69) is 5.32 Å². The van der Waals surface area contributed by atoms with Gasteiger partial charge in [0.05, 0.1) is 18.1 Å². The van der Waals surface area contributed by atoms with E-state index in [0.29, 0.717) is 39.3 Å². The first-order valence-corrected chi connectivity index (χ1v) is 9.97. The van der Waals surface area contributed by atoms with E-state index >= 15 is 0 Å². The number of methoxy groups -OCH3 is 1. The van der Waals surface area contributed by atoms with Crippen molar-refractivity contribution in [3.05, 3.63) is 82.0 Å². The van der Waals surface area contributed by atoms with Crippen LogP contribution < -0.4 is 25.0 Å². The van der Waals surface area contributed by atoms with Gasteiger partial charge in [-0.25, -0.2) is 0 Å². The quantitative estimate of drug-likeness (QED) is 0.503. The van der Waals surface area contributed by atoms with Crippen molar-refractivity contribution in [2.24, 2.45) is 0 Å². The molecule has 7 nitrogen and oxygen atoms in total. The first-order chi connectivity index (χ1) is 15.5. The molecule has 7 heteroatoms. The van der Waals surface area contributed by atoms with Crippen LogP contribution in [0.4, 0.5) is 5.88 Å². The van der Waals surface area contributed by atoms with Crippen LogP contribution in [0.25, 0.3) is 22.1 Å². The number of carbonyl (C=O) groups excluding carboxylic acids is 1. The Labute approximate surface area is 183 Å². The predicted molar refractivity (Wildman–Crippen MR) is 120 cm³/mol. The molecule has 0 saturated carbocycles. The number of aryl methyl sites for hydroxylation is 1. The average Bonchev–Trinajstić information content (AvgIpc) is 3.28. The lowest BCUT2D eigenvalue weighted by molar-refractivity contribution is 0.102. The minimum atomic E-state index is -0.411. The van der Waals surface area contributed by atoms with Gasteiger partial charge in [-0.1, -0.05) is 18.2 Å². The largest absolute Gasteiger partial charge is 0.497 e. The molecule has 0 aliphatic carbocycles. The number of anilines is 1. The molecule has 5 rings (SSSR count). The molecule has 4 aromatic rings. The molecule has 0 unspecified atom stereocenters. The van der Waals surface area contributed by atoms with Crippen LogP contribution in [0, 0.1) is 6.92 Å². The Bertz CT molecular complexity index is 1400. The van der Waals surface area contributed by atoms with E-state index in [0.717, 1.165) is 5.56 Å². The van der Waals surface area contributed by atoms with Crippen molar-refractivity contribution in [2.75, 3.05) is 19.2 Å². The molecule has 1 aliphatic rings. The van der Waals surface area contributed by atoms with E-state index in [9.17, 15) is 9.59 Å². The standard InChI is InChI=1S/C25H19NO6/c1-14-4-3-5-18-22(27)21(16-8-11-19-20(12-16)31-13-30-19)25(32-23(14)18)26-24(28)15-6-9-17(29-2)10-7-15/h3-12H,13H2,1-2H3,(H,26,28). The maximum atomic E-state index is 13.5. The molecule has 0 spiro atoms. The van der Waals surface area contributed by atoms with Crippen molar-refractivity contribution in [3.8, 4) is 28.4 Å². The second-order valence-corrected chi connectivity index (χ2v) is 7.34. The van der Waals surface area contributed by atoms with Gasteiger partial charge in [0.1, 0.15) is 11.3 Å². The summed E-state index contributed by atoms with van der Waals surface area (Å²) < 4.78 is 22.1. The number of benzene rings is 3. The maximum Gasteiger partial charge on any atom is 0.257 e. The third-order valence-corrected chi connectivity index (χ3v) is 5.36. The molecular formula is C25H19NO6. The van der Waals surface area contributed by atoms with Gasteiger partial charge in [-0.15, -0.1) is 0 Å². The molecule has 32 heavy (non-hydrogen) atoms. The van der Waals surface area contributed by atoms with E-state index in [1.807, 2.05) is 13.0 Å². The van der Waals surface area contributed by atoms with Gasteiger partial charge in [0.15, 0.2) is 11.5 Å². The molecule has 3 aromatic carbocycles. The van der Waals surface area contributed by atoms with Crippen LogP contribution in [0.3, 0.4) is 0 Å². The lowest BCUT2D eigenvalue weighted by Gasteiger charge is -2.13. The van der Waals surface area contributed by atoms with Crippen LogP contribution in [0.2, 0.25) is 0 Å². The van der Waals surface area contributed by atoms with E-state index in [1.54, 1.807) is 61.7 Å². The van der Waals surface area contributed by atoms with E-state index < -0.39 is 5.91 Å². The summed E-state index contributed by atoms with van der Waals surface area (Å²) in [5, 5.41) is 3.20. The number of rotatable bonds is 4. The second-order valence-electron chi connectivity index (χ2n) is 7.34. The highest BCUT2D eigenvalue weighted by Crippen LogP contribution is 2.38. The smallest absolute Gasteiger partial charge is 0.257 e. The Balaban J connectivity index is 1.66. The van der Waals surface area contributed by atoms with Crippen molar-refractivity contribution in [3.63, 3.8) is 0 Å². The Morgan fingerprint density at radius 3 is 2.56 bits per heavy atom. The average molecular weight is 429 g/mol. The summed E-state index contributed by atoms with van der Waals surface area (Å²) in [5.41, 5.74) is 2.15. The summed E-state index contributed by atoms with van der Waals surface area (Å²) in [4.78, 5) is 26.5. The van der Waals surface area contributed by atoms with Gasteiger partial charge in [0, 0.05) is 5.56 Å². The Hall–Kier alpha value is -4.26. The fourth-order valence-electron chi connectivity index (χ4n) is 3.68. The summed E-state index contributed by atoms with van der Waals surface area (Å²) in [5.74, 6) is 1.41. The third kappa shape index (κ3) is 3.33. The topological polar surface area (TPSA) is 87.0 Å². The number of carbonyl (C=O) groups is 1. The van der Waals surface area contributed by atoms with Gasteiger partial charge in [-0.3, -0.25) is 14.9 Å². The summed E-state index contributed by atoms with van der Waals surface area (Å²) in [7, 11) is 1.55. The van der Waals surface area contributed by atoms with Gasteiger partial charge in [-0.2, -0.15) is 0 Å². The summed E-state index contributed by atoms with van der Waals surface area (Å²) in [6.45, 7) is 1.96. The summed E-state index contributed by atoms with van der Waals surface area (Å²) in [6.07, 6.45) is 0. The molecule has 0 fully saturated rings. The molecule has 1 N–H and O–H groups in total. The Morgan fingerprint density at radius 2 is 1.78 bits per heavy atom. The minimum Gasteiger partial charge on any atom is -0.497 e. The highest BCUT2D eigenvalue weighted by molar-refractivity contribution is 6.06. The fraction of sp³-hybridized carbons (Fsp3) is 0.120. The van der Waals surface area contributed by atoms with Crippen molar-refractivity contribution in [1.29, 1.82) is 0 Å². The zero-order chi connectivity index (χ0) is 22.2. The van der Waals surface area contributed by atoms with Crippen molar-refractivity contribution >= 4 is 22.8 Å². The van der Waals surface area contributed by atoms with Crippen LogP contribution in [-0.2, 0) is 0 Å². The van der Waals surface area contributed by atoms with E-state index in [-0.39, 0.29) is 23.7 Å². The lowest BCUT2D eigenvalue weighted by Crippen LogP contribution is -2.16. The lowest BCUT2D eigenvalue weighted by atomic mass is 10.0. The first-order valence-electron chi connectivity index (χ1n) is 9.97. The maximum absolute atomic E-state index is 13.5. The first kappa shape index (κ1) is 19.7. The SMILES string of the molecule is COc1ccc(C(=O)Nc2oc3c(C)cccc3c(=O)c2-c2ccc3c(c2)OCO3)cc1. The van der Waals surface area contributed by atoms with Gasteiger partial charge in [-0.05, 0) is 60.5 Å². The van der Waals surface area contributed by atoms with Crippen LogP contribution in [0.15, 0.2) is 69.9 Å². The second kappa shape index (κ2) is 7.77. The molecule has 1 aromatic heterocycles. The third-order valence-electron chi connectivity index (χ3n) is 5.36. The number of nitrogens with one attached hydrogen (secondary N) is 1. The zero-order valence-corrected chi connectivity index (χ0v) is 17.4. The summed E-state index contributed by atoms with van der Waals surface area (Å²) in [6, 6.07) is 17.2. The van der Waals surface area contributed by atoms with Crippen molar-refractivity contribution in [2.45, 2.75) is 6.92 Å². The normalized spacial score (nSPS) is 12.1. The van der Waals surface area contributed by atoms with Crippen LogP contribution in [0.1, 0.15) is 15.9 Å². The molecule has 160 valence electrons. The number of para-hydroxylation sites is 1. The van der Waals surface area contributed by atoms with Gasteiger partial charge in [0.2, 0.25) is 18.1 Å². The number of hydrogen-bond acceptors (Lipinski definition) is 6. The minimum absolute atomic E-state index is 0.0662. The molecule has 1 amide bonds. The highest BCUT2D eigenvalue weighted by atomic mass is 16.7. The number of ether oxygens (including phenoxy) is 3. The van der Waals surface area contributed by atoms with Gasteiger partial charge >= 0.3 is 0 Å². The Kier molecular flexibility index (Phi) is 4.78. The summed E-state index contributed by atoms with van der Waals surface area (Å²) >= 11 is 0. The Morgan fingerprint density at radius 1 is 1.00 bits per heavy atom. The molecule has 1 aliphatic heterocycles. The molecule has 0 atom stereocenters. The monoisotopic (exact) mass is 429 g/mol. The van der Waals surface area contributed by atoms with Gasteiger partial charge in [0.25, 0.3) is 5.91 Å². The molecular weight excluding hydrogens is 410 g/mol. The molecule has 0 radical (unpaired) electrons. The van der Waals surface area contributed by atoms with Gasteiger partial charge < -0.3 is 18.6 Å². The van der Waals surface area contributed by atoms with Crippen molar-refractivity contribution in [1.82, 2.24) is 0 Å². The number of hydrogen-bond donors (Lipinski definition) is 1. The van der Waals surface area contributed by atoms with Crippen LogP contribution >= 0.6 is 0 Å². The highest BCUT2D eigenvalue weighted by Gasteiger charge is 2.22. The fourth-order valence-corrected chi connectivity index (χ4v) is 3.68. The van der Waals surface area contributed by atoms with Crippen molar-refractivity contribution < 1.29 is 23.4 Å². The predicted octanol–water partition coefficient (Wildman–Crippen LogP) is 4.76. The van der Waals surface area contributed by atoms with Crippen LogP contribution in [0.5, 0.6) is 17.2 Å². The number of amides is 1.